The largest absolute Gasteiger partial charge is 0.455 e. The number of thioether (sulfide) groups is 1. The number of rotatable bonds is 6. The first-order valence-corrected chi connectivity index (χ1v) is 10.4. The second-order valence-corrected chi connectivity index (χ2v) is 9.02. The number of carbonyl (C=O) groups is 2. The lowest BCUT2D eigenvalue weighted by atomic mass is 9.52. The van der Waals surface area contributed by atoms with Gasteiger partial charge in [-0.3, -0.25) is 9.59 Å². The number of anilines is 1. The molecule has 0 unspecified atom stereocenters. The molecule has 0 saturated heterocycles. The van der Waals surface area contributed by atoms with Crippen LogP contribution in [-0.2, 0) is 14.3 Å². The van der Waals surface area contributed by atoms with E-state index in [4.69, 9.17) is 4.74 Å². The molecule has 5 rings (SSSR count). The highest BCUT2D eigenvalue weighted by molar-refractivity contribution is 7.99. The van der Waals surface area contributed by atoms with Crippen LogP contribution >= 0.6 is 11.8 Å². The Morgan fingerprint density at radius 3 is 2.33 bits per heavy atom. The van der Waals surface area contributed by atoms with Crippen LogP contribution in [0, 0.1) is 29.6 Å². The number of alkyl halides is 2. The molecule has 4 aliphatic rings. The molecule has 146 valence electrons. The lowest BCUT2D eigenvalue weighted by molar-refractivity contribution is -0.164. The molecular formula is C20H23F2NO3S. The van der Waals surface area contributed by atoms with Crippen molar-refractivity contribution in [2.75, 3.05) is 11.9 Å². The minimum atomic E-state index is -2.57. The number of hydrogen-bond donors (Lipinski definition) is 1. The number of esters is 1. The molecule has 4 saturated carbocycles. The first-order chi connectivity index (χ1) is 13.0. The van der Waals surface area contributed by atoms with Gasteiger partial charge < -0.3 is 10.1 Å². The van der Waals surface area contributed by atoms with Crippen LogP contribution in [0.5, 0.6) is 0 Å². The van der Waals surface area contributed by atoms with Gasteiger partial charge in [0.05, 0.1) is 11.6 Å². The third-order valence-corrected chi connectivity index (χ3v) is 7.01. The molecule has 0 aliphatic heterocycles. The SMILES string of the molecule is O=C(COC(=O)C1C2CC3CC(C2)CC1C3)Nc1ccccc1SC(F)F. The number of ether oxygens (including phenoxy) is 1. The molecule has 0 heterocycles. The number of benzene rings is 1. The molecule has 0 atom stereocenters. The van der Waals surface area contributed by atoms with E-state index >= 15 is 0 Å². The summed E-state index contributed by atoms with van der Waals surface area (Å²) in [5.74, 6) is -1.08. The van der Waals surface area contributed by atoms with Gasteiger partial charge in [0, 0.05) is 4.90 Å². The molecule has 0 radical (unpaired) electrons. The maximum absolute atomic E-state index is 12.6. The number of carbonyl (C=O) groups excluding carboxylic acids is 2. The summed E-state index contributed by atoms with van der Waals surface area (Å²) in [7, 11) is 0. The molecule has 4 nitrogen and oxygen atoms in total. The summed E-state index contributed by atoms with van der Waals surface area (Å²) >= 11 is 0.374. The van der Waals surface area contributed by atoms with E-state index < -0.39 is 11.7 Å². The van der Waals surface area contributed by atoms with Gasteiger partial charge in [-0.05, 0) is 67.9 Å². The number of para-hydroxylation sites is 1. The average molecular weight is 395 g/mol. The Morgan fingerprint density at radius 1 is 1.07 bits per heavy atom. The minimum absolute atomic E-state index is 0.0766. The number of halogens is 2. The van der Waals surface area contributed by atoms with Crippen LogP contribution in [0.1, 0.15) is 32.1 Å². The number of hydrogen-bond acceptors (Lipinski definition) is 4. The van der Waals surface area contributed by atoms with Crippen molar-refractivity contribution < 1.29 is 23.1 Å². The summed E-state index contributed by atoms with van der Waals surface area (Å²) in [6, 6.07) is 6.37. The summed E-state index contributed by atoms with van der Waals surface area (Å²) in [6.45, 7) is -0.380. The fourth-order valence-corrected chi connectivity index (χ4v) is 6.09. The van der Waals surface area contributed by atoms with Gasteiger partial charge in [0.2, 0.25) is 0 Å². The highest BCUT2D eigenvalue weighted by atomic mass is 32.2. The van der Waals surface area contributed by atoms with Gasteiger partial charge in [-0.1, -0.05) is 23.9 Å². The predicted molar refractivity (Wildman–Crippen MR) is 98.4 cm³/mol. The predicted octanol–water partition coefficient (Wildman–Crippen LogP) is 4.56. The Bertz CT molecular complexity index is 699. The van der Waals surface area contributed by atoms with Crippen molar-refractivity contribution in [2.45, 2.75) is 42.8 Å². The van der Waals surface area contributed by atoms with Gasteiger partial charge >= 0.3 is 5.97 Å². The Hall–Kier alpha value is -1.63. The van der Waals surface area contributed by atoms with Crippen LogP contribution < -0.4 is 5.32 Å². The van der Waals surface area contributed by atoms with Crippen molar-refractivity contribution in [3.8, 4) is 0 Å². The van der Waals surface area contributed by atoms with Crippen LogP contribution in [0.25, 0.3) is 0 Å². The van der Waals surface area contributed by atoms with E-state index in [9.17, 15) is 18.4 Å². The summed E-state index contributed by atoms with van der Waals surface area (Å²) in [4.78, 5) is 25.0. The Kier molecular flexibility index (Phi) is 5.39. The second-order valence-electron chi connectivity index (χ2n) is 7.99. The first-order valence-electron chi connectivity index (χ1n) is 9.50. The van der Waals surface area contributed by atoms with E-state index in [1.807, 2.05) is 0 Å². The fraction of sp³-hybridized carbons (Fsp3) is 0.600. The molecule has 4 fully saturated rings. The van der Waals surface area contributed by atoms with Crippen molar-refractivity contribution in [3.63, 3.8) is 0 Å². The molecule has 27 heavy (non-hydrogen) atoms. The second kappa shape index (κ2) is 7.78. The lowest BCUT2D eigenvalue weighted by Crippen LogP contribution is -2.48. The molecule has 1 amide bonds. The third-order valence-electron chi connectivity index (χ3n) is 6.22. The topological polar surface area (TPSA) is 55.4 Å². The monoisotopic (exact) mass is 395 g/mol. The van der Waals surface area contributed by atoms with Crippen molar-refractivity contribution in [2.24, 2.45) is 29.6 Å². The lowest BCUT2D eigenvalue weighted by Gasteiger charge is -2.53. The summed E-state index contributed by atoms with van der Waals surface area (Å²) < 4.78 is 30.6. The van der Waals surface area contributed by atoms with Crippen LogP contribution in [0.2, 0.25) is 0 Å². The zero-order valence-electron chi connectivity index (χ0n) is 14.9. The highest BCUT2D eigenvalue weighted by Crippen LogP contribution is 2.56. The van der Waals surface area contributed by atoms with E-state index in [0.29, 0.717) is 29.3 Å². The summed E-state index contributed by atoms with van der Waals surface area (Å²) in [5, 5.41) is 2.57. The number of nitrogens with one attached hydrogen (secondary N) is 1. The standard InChI is InChI=1S/C20H23F2NO3S/c21-20(22)27-16-4-2-1-3-15(16)23-17(24)10-26-19(25)18-13-6-11-5-12(8-13)9-14(18)7-11/h1-4,11-14,18,20H,5-10H2,(H,23,24). The summed E-state index contributed by atoms with van der Waals surface area (Å²) in [6.07, 6.45) is 5.75. The molecule has 4 aliphatic carbocycles. The third kappa shape index (κ3) is 4.13. The molecule has 1 N–H and O–H groups in total. The van der Waals surface area contributed by atoms with Crippen LogP contribution in [-0.4, -0.2) is 24.2 Å². The molecular weight excluding hydrogens is 372 g/mol. The fourth-order valence-electron chi connectivity index (χ4n) is 5.50. The highest BCUT2D eigenvalue weighted by Gasteiger charge is 2.51. The zero-order chi connectivity index (χ0) is 19.0. The minimum Gasteiger partial charge on any atom is -0.455 e. The van der Waals surface area contributed by atoms with E-state index in [1.165, 1.54) is 12.5 Å². The Labute approximate surface area is 161 Å². The quantitative estimate of drug-likeness (QED) is 0.567. The molecule has 4 bridgehead atoms. The van der Waals surface area contributed by atoms with Gasteiger partial charge in [0.15, 0.2) is 6.61 Å². The van der Waals surface area contributed by atoms with E-state index in [-0.39, 0.29) is 23.4 Å². The van der Waals surface area contributed by atoms with Gasteiger partial charge in [0.1, 0.15) is 0 Å². The average Bonchev–Trinajstić information content (AvgIpc) is 2.60. The van der Waals surface area contributed by atoms with Crippen molar-refractivity contribution in [1.82, 2.24) is 0 Å². The van der Waals surface area contributed by atoms with E-state index in [0.717, 1.165) is 37.5 Å². The molecule has 0 aromatic heterocycles. The van der Waals surface area contributed by atoms with Gasteiger partial charge in [-0.2, -0.15) is 8.78 Å². The van der Waals surface area contributed by atoms with Crippen molar-refractivity contribution in [3.05, 3.63) is 24.3 Å². The molecule has 1 aromatic rings. The van der Waals surface area contributed by atoms with E-state index in [1.54, 1.807) is 18.2 Å². The Balaban J connectivity index is 1.32. The van der Waals surface area contributed by atoms with Gasteiger partial charge in [-0.15, -0.1) is 0 Å². The smallest absolute Gasteiger partial charge is 0.310 e. The van der Waals surface area contributed by atoms with E-state index in [2.05, 4.69) is 5.32 Å². The van der Waals surface area contributed by atoms with Crippen LogP contribution in [0.4, 0.5) is 14.5 Å². The zero-order valence-corrected chi connectivity index (χ0v) is 15.7. The summed E-state index contributed by atoms with van der Waals surface area (Å²) in [5.41, 5.74) is 0.304. The maximum Gasteiger partial charge on any atom is 0.310 e. The maximum atomic E-state index is 12.6. The van der Waals surface area contributed by atoms with Crippen LogP contribution in [0.3, 0.4) is 0 Å². The van der Waals surface area contributed by atoms with Gasteiger partial charge in [-0.25, -0.2) is 0 Å². The normalized spacial score (nSPS) is 31.1. The van der Waals surface area contributed by atoms with Crippen LogP contribution in [0.15, 0.2) is 29.2 Å². The molecule has 7 heteroatoms. The molecule has 1 aromatic carbocycles. The molecule has 0 spiro atoms. The van der Waals surface area contributed by atoms with Crippen molar-refractivity contribution in [1.29, 1.82) is 0 Å². The van der Waals surface area contributed by atoms with Crippen molar-refractivity contribution >= 4 is 29.3 Å². The first kappa shape index (κ1) is 18.7. The Morgan fingerprint density at radius 2 is 1.70 bits per heavy atom. The number of amides is 1. The van der Waals surface area contributed by atoms with Gasteiger partial charge in [0.25, 0.3) is 11.7 Å².